The van der Waals surface area contributed by atoms with Crippen LogP contribution in [0.2, 0.25) is 5.15 Å². The van der Waals surface area contributed by atoms with E-state index in [1.165, 1.54) is 19.0 Å². The molecule has 0 aromatic carbocycles. The largest absolute Gasteiger partial charge is 0.356 e. The average molecular weight is 322 g/mol. The van der Waals surface area contributed by atoms with Crippen molar-refractivity contribution < 1.29 is 9.59 Å². The Kier molecular flexibility index (Phi) is 4.62. The maximum Gasteiger partial charge on any atom is 0.254 e. The molecule has 2 amide bonds. The second kappa shape index (κ2) is 6.65. The van der Waals surface area contributed by atoms with Gasteiger partial charge in [0, 0.05) is 31.4 Å². The lowest BCUT2D eigenvalue weighted by Gasteiger charge is -2.32. The highest BCUT2D eigenvalue weighted by Gasteiger charge is 2.30. The number of hydrogen-bond acceptors (Lipinski definition) is 3. The summed E-state index contributed by atoms with van der Waals surface area (Å²) in [4.78, 5) is 30.3. The minimum absolute atomic E-state index is 0.0796. The highest BCUT2D eigenvalue weighted by atomic mass is 35.5. The second-order valence-corrected chi connectivity index (χ2v) is 6.53. The molecule has 118 valence electrons. The van der Waals surface area contributed by atoms with Gasteiger partial charge in [-0.3, -0.25) is 9.59 Å². The van der Waals surface area contributed by atoms with Crippen LogP contribution in [0.15, 0.2) is 18.3 Å². The molecule has 1 saturated heterocycles. The van der Waals surface area contributed by atoms with Crippen LogP contribution in [0.1, 0.15) is 36.0 Å². The summed E-state index contributed by atoms with van der Waals surface area (Å²) in [5.41, 5.74) is 0.527. The van der Waals surface area contributed by atoms with Crippen molar-refractivity contribution in [2.24, 2.45) is 11.8 Å². The van der Waals surface area contributed by atoms with Gasteiger partial charge in [-0.25, -0.2) is 4.98 Å². The van der Waals surface area contributed by atoms with Gasteiger partial charge >= 0.3 is 0 Å². The number of rotatable bonds is 4. The molecule has 2 fully saturated rings. The standard InChI is InChI=1S/C16H20ClN3O2/c17-14-8-12(5-6-18-14)16(22)20-7-1-2-13(10-20)15(21)19-9-11-3-4-11/h5-6,8,11,13H,1-4,7,9-10H2,(H,19,21)/t13-/m1/s1. The Labute approximate surface area is 135 Å². The van der Waals surface area contributed by atoms with Crippen molar-refractivity contribution in [3.05, 3.63) is 29.0 Å². The number of carbonyl (C=O) groups is 2. The number of hydrogen-bond donors (Lipinski definition) is 1. The third-order valence-corrected chi connectivity index (χ3v) is 4.52. The van der Waals surface area contributed by atoms with Gasteiger partial charge in [0.05, 0.1) is 5.92 Å². The van der Waals surface area contributed by atoms with Crippen molar-refractivity contribution in [2.45, 2.75) is 25.7 Å². The molecule has 5 nitrogen and oxygen atoms in total. The number of piperidine rings is 1. The lowest BCUT2D eigenvalue weighted by Crippen LogP contribution is -2.45. The Morgan fingerprint density at radius 2 is 2.18 bits per heavy atom. The topological polar surface area (TPSA) is 62.3 Å². The van der Waals surface area contributed by atoms with E-state index < -0.39 is 0 Å². The first-order valence-corrected chi connectivity index (χ1v) is 8.20. The zero-order valence-electron chi connectivity index (χ0n) is 12.4. The molecule has 1 aromatic rings. The predicted octanol–water partition coefficient (Wildman–Crippen LogP) is 2.11. The van der Waals surface area contributed by atoms with E-state index in [1.807, 2.05) is 0 Å². The van der Waals surface area contributed by atoms with E-state index in [0.29, 0.717) is 29.7 Å². The van der Waals surface area contributed by atoms with Gasteiger partial charge in [-0.15, -0.1) is 0 Å². The maximum atomic E-state index is 12.5. The van der Waals surface area contributed by atoms with Crippen molar-refractivity contribution >= 4 is 23.4 Å². The summed E-state index contributed by atoms with van der Waals surface area (Å²) < 4.78 is 0. The molecule has 0 unspecified atom stereocenters. The number of amides is 2. The molecule has 1 aliphatic carbocycles. The molecule has 1 saturated carbocycles. The maximum absolute atomic E-state index is 12.5. The van der Waals surface area contributed by atoms with Gasteiger partial charge in [0.15, 0.2) is 0 Å². The fourth-order valence-corrected chi connectivity index (χ4v) is 2.98. The summed E-state index contributed by atoms with van der Waals surface area (Å²) in [6, 6.07) is 3.23. The summed E-state index contributed by atoms with van der Waals surface area (Å²) in [5, 5.41) is 3.32. The molecule has 0 bridgehead atoms. The van der Waals surface area contributed by atoms with Crippen LogP contribution >= 0.6 is 11.6 Å². The van der Waals surface area contributed by atoms with Crippen LogP contribution in [0, 0.1) is 11.8 Å². The SMILES string of the molecule is O=C(NCC1CC1)[C@@H]1CCCN(C(=O)c2ccnc(Cl)c2)C1. The molecular weight excluding hydrogens is 302 g/mol. The number of nitrogens with one attached hydrogen (secondary N) is 1. The van der Waals surface area contributed by atoms with E-state index in [1.54, 1.807) is 17.0 Å². The molecule has 22 heavy (non-hydrogen) atoms. The fraction of sp³-hybridized carbons (Fsp3) is 0.562. The van der Waals surface area contributed by atoms with Crippen molar-refractivity contribution in [1.82, 2.24) is 15.2 Å². The van der Waals surface area contributed by atoms with Crippen molar-refractivity contribution in [1.29, 1.82) is 0 Å². The van der Waals surface area contributed by atoms with Gasteiger partial charge in [-0.2, -0.15) is 0 Å². The second-order valence-electron chi connectivity index (χ2n) is 6.15. The summed E-state index contributed by atoms with van der Waals surface area (Å²) in [6.45, 7) is 1.95. The summed E-state index contributed by atoms with van der Waals surface area (Å²) in [7, 11) is 0. The van der Waals surface area contributed by atoms with E-state index in [4.69, 9.17) is 11.6 Å². The highest BCUT2D eigenvalue weighted by Crippen LogP contribution is 2.28. The predicted molar refractivity (Wildman–Crippen MR) is 83.6 cm³/mol. The molecule has 1 N–H and O–H groups in total. The van der Waals surface area contributed by atoms with E-state index in [-0.39, 0.29) is 17.7 Å². The molecule has 0 spiro atoms. The van der Waals surface area contributed by atoms with Gasteiger partial charge in [-0.05, 0) is 43.7 Å². The van der Waals surface area contributed by atoms with Crippen LogP contribution in [0.5, 0.6) is 0 Å². The molecular formula is C16H20ClN3O2. The molecule has 1 atom stereocenters. The molecule has 3 rings (SSSR count). The van der Waals surface area contributed by atoms with Gasteiger partial charge in [0.25, 0.3) is 5.91 Å². The number of pyridine rings is 1. The van der Waals surface area contributed by atoms with E-state index >= 15 is 0 Å². The minimum atomic E-state index is -0.103. The molecule has 2 heterocycles. The average Bonchev–Trinajstić information content (AvgIpc) is 3.36. The van der Waals surface area contributed by atoms with Crippen molar-refractivity contribution in [2.75, 3.05) is 19.6 Å². The normalized spacial score (nSPS) is 21.5. The van der Waals surface area contributed by atoms with E-state index in [0.717, 1.165) is 19.4 Å². The summed E-state index contributed by atoms with van der Waals surface area (Å²) in [5.74, 6) is 0.569. The van der Waals surface area contributed by atoms with Crippen LogP contribution in [-0.2, 0) is 4.79 Å². The number of nitrogens with zero attached hydrogens (tertiary/aromatic N) is 2. The van der Waals surface area contributed by atoms with Gasteiger partial charge in [0.1, 0.15) is 5.15 Å². The van der Waals surface area contributed by atoms with Gasteiger partial charge in [0.2, 0.25) is 5.91 Å². The lowest BCUT2D eigenvalue weighted by molar-refractivity contribution is -0.126. The lowest BCUT2D eigenvalue weighted by atomic mass is 9.96. The van der Waals surface area contributed by atoms with E-state index in [2.05, 4.69) is 10.3 Å². The number of carbonyl (C=O) groups excluding carboxylic acids is 2. The Morgan fingerprint density at radius 1 is 1.36 bits per heavy atom. The zero-order valence-corrected chi connectivity index (χ0v) is 13.2. The highest BCUT2D eigenvalue weighted by molar-refractivity contribution is 6.29. The van der Waals surface area contributed by atoms with Crippen molar-refractivity contribution in [3.8, 4) is 0 Å². The number of likely N-dealkylation sites (tertiary alicyclic amines) is 1. The Balaban J connectivity index is 1.59. The first-order valence-electron chi connectivity index (χ1n) is 7.82. The van der Waals surface area contributed by atoms with Gasteiger partial charge < -0.3 is 10.2 Å². The number of halogens is 1. The molecule has 1 aromatic heterocycles. The van der Waals surface area contributed by atoms with Gasteiger partial charge in [-0.1, -0.05) is 11.6 Å². The van der Waals surface area contributed by atoms with Crippen LogP contribution in [0.4, 0.5) is 0 Å². The molecule has 6 heteroatoms. The first kappa shape index (κ1) is 15.3. The summed E-state index contributed by atoms with van der Waals surface area (Å²) >= 11 is 5.84. The third kappa shape index (κ3) is 3.77. The Hall–Kier alpha value is -1.62. The monoisotopic (exact) mass is 321 g/mol. The van der Waals surface area contributed by atoms with Crippen LogP contribution in [0.25, 0.3) is 0 Å². The fourth-order valence-electron chi connectivity index (χ4n) is 2.80. The Bertz CT molecular complexity index is 574. The number of aromatic nitrogens is 1. The first-order chi connectivity index (χ1) is 10.6. The molecule has 0 radical (unpaired) electrons. The Morgan fingerprint density at radius 3 is 2.91 bits per heavy atom. The van der Waals surface area contributed by atoms with E-state index in [9.17, 15) is 9.59 Å². The summed E-state index contributed by atoms with van der Waals surface area (Å²) in [6.07, 6.45) is 5.67. The third-order valence-electron chi connectivity index (χ3n) is 4.31. The quantitative estimate of drug-likeness (QED) is 0.864. The van der Waals surface area contributed by atoms with Crippen LogP contribution in [0.3, 0.4) is 0 Å². The zero-order chi connectivity index (χ0) is 15.5. The van der Waals surface area contributed by atoms with Crippen LogP contribution in [-0.4, -0.2) is 41.3 Å². The molecule has 1 aliphatic heterocycles. The molecule has 2 aliphatic rings. The smallest absolute Gasteiger partial charge is 0.254 e. The van der Waals surface area contributed by atoms with Crippen molar-refractivity contribution in [3.63, 3.8) is 0 Å². The minimum Gasteiger partial charge on any atom is -0.356 e. The van der Waals surface area contributed by atoms with Crippen LogP contribution < -0.4 is 5.32 Å².